The molecule has 2 N–H and O–H groups in total. The van der Waals surface area contributed by atoms with E-state index in [0.717, 1.165) is 5.92 Å². The van der Waals surface area contributed by atoms with Crippen molar-refractivity contribution >= 4 is 0 Å². The molecule has 3 saturated carbocycles. The van der Waals surface area contributed by atoms with Crippen molar-refractivity contribution < 1.29 is 5.11 Å². The lowest BCUT2D eigenvalue weighted by molar-refractivity contribution is 0.104. The molecule has 3 rings (SSSR count). The third kappa shape index (κ3) is 4.00. The molecule has 3 fully saturated rings. The topological polar surface area (TPSA) is 35.5 Å². The first-order valence-corrected chi connectivity index (χ1v) is 9.25. The second-order valence-electron chi connectivity index (χ2n) is 8.14. The van der Waals surface area contributed by atoms with Gasteiger partial charge in [-0.3, -0.25) is 0 Å². The molecule has 0 aromatic heterocycles. The van der Waals surface area contributed by atoms with E-state index < -0.39 is 0 Å². The van der Waals surface area contributed by atoms with Crippen LogP contribution >= 0.6 is 0 Å². The Kier molecular flexibility index (Phi) is 4.92. The van der Waals surface area contributed by atoms with Gasteiger partial charge in [0.25, 0.3) is 0 Å². The van der Waals surface area contributed by atoms with E-state index in [-0.39, 0.29) is 5.54 Å². The zero-order valence-electron chi connectivity index (χ0n) is 14.0. The van der Waals surface area contributed by atoms with Gasteiger partial charge in [0.2, 0.25) is 0 Å². The van der Waals surface area contributed by atoms with Gasteiger partial charge in [0.1, 0.15) is 0 Å². The van der Waals surface area contributed by atoms with Crippen molar-refractivity contribution in [2.45, 2.75) is 82.8 Å². The summed E-state index contributed by atoms with van der Waals surface area (Å²) >= 11 is 0. The van der Waals surface area contributed by atoms with Crippen LogP contribution in [-0.2, 0) is 0 Å². The van der Waals surface area contributed by atoms with Crippen molar-refractivity contribution in [2.24, 2.45) is 11.8 Å². The van der Waals surface area contributed by atoms with E-state index in [0.29, 0.717) is 24.6 Å². The molecular formula is C18H34N2O. The molecule has 3 heteroatoms. The van der Waals surface area contributed by atoms with Crippen molar-refractivity contribution in [3.63, 3.8) is 0 Å². The third-order valence-electron chi connectivity index (χ3n) is 5.99. The van der Waals surface area contributed by atoms with Crippen LogP contribution in [0.3, 0.4) is 0 Å². The van der Waals surface area contributed by atoms with E-state index in [1.807, 2.05) is 0 Å². The highest BCUT2D eigenvalue weighted by Crippen LogP contribution is 2.40. The van der Waals surface area contributed by atoms with Crippen molar-refractivity contribution in [1.82, 2.24) is 10.2 Å². The van der Waals surface area contributed by atoms with E-state index >= 15 is 0 Å². The zero-order valence-corrected chi connectivity index (χ0v) is 14.0. The highest BCUT2D eigenvalue weighted by Gasteiger charge is 2.45. The number of nitrogens with one attached hydrogen (secondary N) is 1. The number of hydrogen-bond acceptors (Lipinski definition) is 3. The van der Waals surface area contributed by atoms with E-state index in [2.05, 4.69) is 24.1 Å². The summed E-state index contributed by atoms with van der Waals surface area (Å²) in [6, 6.07) is 1.36. The van der Waals surface area contributed by atoms with Gasteiger partial charge >= 0.3 is 0 Å². The van der Waals surface area contributed by atoms with Crippen LogP contribution < -0.4 is 5.32 Å². The lowest BCUT2D eigenvalue weighted by atomic mass is 9.84. The Balaban J connectivity index is 1.53. The summed E-state index contributed by atoms with van der Waals surface area (Å²) in [4.78, 5) is 2.68. The van der Waals surface area contributed by atoms with Crippen LogP contribution in [0.15, 0.2) is 0 Å². The molecule has 2 atom stereocenters. The summed E-state index contributed by atoms with van der Waals surface area (Å²) in [5.41, 5.74) is 0.0450. The van der Waals surface area contributed by atoms with E-state index in [1.165, 1.54) is 64.5 Å². The summed E-state index contributed by atoms with van der Waals surface area (Å²) in [5, 5.41) is 13.8. The fraction of sp³-hybridized carbons (Fsp3) is 1.00. The largest absolute Gasteiger partial charge is 0.394 e. The summed E-state index contributed by atoms with van der Waals surface area (Å²) in [5.74, 6) is 1.65. The number of nitrogens with zero attached hydrogens (tertiary/aromatic N) is 1. The Labute approximate surface area is 130 Å². The summed E-state index contributed by atoms with van der Waals surface area (Å²) in [6.45, 7) is 7.51. The van der Waals surface area contributed by atoms with Gasteiger partial charge < -0.3 is 15.3 Å². The minimum atomic E-state index is 0.0450. The molecule has 3 aliphatic carbocycles. The molecule has 0 amide bonds. The molecule has 3 aliphatic rings. The Morgan fingerprint density at radius 3 is 2.52 bits per heavy atom. The SMILES string of the molecule is CC(C)N(CCC1CCCC1(CO)NC1CC1)CC1CC1. The van der Waals surface area contributed by atoms with Gasteiger partial charge in [0.05, 0.1) is 6.61 Å². The lowest BCUT2D eigenvalue weighted by Crippen LogP contribution is -2.53. The standard InChI is InChI=1S/C18H34N2O/c1-14(2)20(12-15-5-6-15)11-9-16-4-3-10-18(16,13-21)19-17-7-8-17/h14-17,19,21H,3-13H2,1-2H3. The number of rotatable bonds is 9. The van der Waals surface area contributed by atoms with Gasteiger partial charge in [0, 0.05) is 24.2 Å². The molecule has 0 radical (unpaired) electrons. The first-order valence-electron chi connectivity index (χ1n) is 9.25. The number of aliphatic hydroxyl groups is 1. The molecule has 0 aromatic rings. The lowest BCUT2D eigenvalue weighted by Gasteiger charge is -2.37. The Morgan fingerprint density at radius 2 is 1.95 bits per heavy atom. The van der Waals surface area contributed by atoms with Gasteiger partial charge in [-0.15, -0.1) is 0 Å². The van der Waals surface area contributed by atoms with Crippen molar-refractivity contribution in [1.29, 1.82) is 0 Å². The molecular weight excluding hydrogens is 260 g/mol. The summed E-state index contributed by atoms with van der Waals surface area (Å²) in [7, 11) is 0. The quantitative estimate of drug-likeness (QED) is 0.686. The smallest absolute Gasteiger partial charge is 0.0616 e. The predicted molar refractivity (Wildman–Crippen MR) is 87.4 cm³/mol. The van der Waals surface area contributed by atoms with Crippen molar-refractivity contribution in [3.05, 3.63) is 0 Å². The molecule has 0 spiro atoms. The fourth-order valence-corrected chi connectivity index (χ4v) is 4.16. The minimum Gasteiger partial charge on any atom is -0.394 e. The third-order valence-corrected chi connectivity index (χ3v) is 5.99. The first kappa shape index (κ1) is 15.8. The summed E-state index contributed by atoms with van der Waals surface area (Å²) < 4.78 is 0. The maximum Gasteiger partial charge on any atom is 0.0616 e. The second kappa shape index (κ2) is 6.55. The molecule has 0 aliphatic heterocycles. The highest BCUT2D eigenvalue weighted by molar-refractivity contribution is 5.03. The van der Waals surface area contributed by atoms with Crippen LogP contribution in [0.2, 0.25) is 0 Å². The molecule has 0 bridgehead atoms. The number of hydrogen-bond donors (Lipinski definition) is 2. The van der Waals surface area contributed by atoms with Crippen LogP contribution in [0, 0.1) is 11.8 Å². The molecule has 0 heterocycles. The molecule has 2 unspecified atom stereocenters. The zero-order chi connectivity index (χ0) is 14.9. The molecule has 0 aromatic carbocycles. The fourth-order valence-electron chi connectivity index (χ4n) is 4.16. The molecule has 0 saturated heterocycles. The van der Waals surface area contributed by atoms with Crippen LogP contribution in [0.1, 0.15) is 65.2 Å². The van der Waals surface area contributed by atoms with Crippen molar-refractivity contribution in [2.75, 3.05) is 19.7 Å². The predicted octanol–water partition coefficient (Wildman–Crippen LogP) is 2.78. The second-order valence-corrected chi connectivity index (χ2v) is 8.14. The van der Waals surface area contributed by atoms with Gasteiger partial charge in [0.15, 0.2) is 0 Å². The highest BCUT2D eigenvalue weighted by atomic mass is 16.3. The van der Waals surface area contributed by atoms with Gasteiger partial charge in [-0.05, 0) is 77.2 Å². The Bertz CT molecular complexity index is 338. The van der Waals surface area contributed by atoms with Crippen LogP contribution in [0.25, 0.3) is 0 Å². The maximum absolute atomic E-state index is 10.0. The van der Waals surface area contributed by atoms with Crippen LogP contribution in [-0.4, -0.2) is 47.3 Å². The van der Waals surface area contributed by atoms with E-state index in [4.69, 9.17) is 0 Å². The average molecular weight is 294 g/mol. The normalized spacial score (nSPS) is 33.3. The molecule has 3 nitrogen and oxygen atoms in total. The molecule has 122 valence electrons. The Hall–Kier alpha value is -0.120. The van der Waals surface area contributed by atoms with Crippen LogP contribution in [0.5, 0.6) is 0 Å². The monoisotopic (exact) mass is 294 g/mol. The van der Waals surface area contributed by atoms with Crippen molar-refractivity contribution in [3.8, 4) is 0 Å². The van der Waals surface area contributed by atoms with Gasteiger partial charge in [-0.25, -0.2) is 0 Å². The average Bonchev–Trinajstić information content (AvgIpc) is 3.36. The number of aliphatic hydroxyl groups excluding tert-OH is 1. The summed E-state index contributed by atoms with van der Waals surface area (Å²) in [6.07, 6.45) is 10.5. The first-order chi connectivity index (χ1) is 10.1. The Morgan fingerprint density at radius 1 is 1.19 bits per heavy atom. The van der Waals surface area contributed by atoms with Gasteiger partial charge in [-0.2, -0.15) is 0 Å². The van der Waals surface area contributed by atoms with E-state index in [1.54, 1.807) is 0 Å². The van der Waals surface area contributed by atoms with Crippen LogP contribution in [0.4, 0.5) is 0 Å². The molecule has 21 heavy (non-hydrogen) atoms. The van der Waals surface area contributed by atoms with E-state index in [9.17, 15) is 5.11 Å². The van der Waals surface area contributed by atoms with Gasteiger partial charge in [-0.1, -0.05) is 6.42 Å². The minimum absolute atomic E-state index is 0.0450. The maximum atomic E-state index is 10.0.